The molecule has 0 saturated heterocycles. The number of anilines is 1. The van der Waals surface area contributed by atoms with E-state index in [0.29, 0.717) is 24.7 Å². The summed E-state index contributed by atoms with van der Waals surface area (Å²) < 4.78 is 0. The zero-order chi connectivity index (χ0) is 21.1. The lowest BCUT2D eigenvalue weighted by molar-refractivity contribution is -0.114. The quantitative estimate of drug-likeness (QED) is 0.695. The van der Waals surface area contributed by atoms with Crippen LogP contribution in [0.5, 0.6) is 0 Å². The molecule has 0 aromatic heterocycles. The molecule has 4 aliphatic carbocycles. The lowest BCUT2D eigenvalue weighted by Gasteiger charge is -2.54. The number of aliphatic hydroxyl groups is 1. The van der Waals surface area contributed by atoms with E-state index in [-0.39, 0.29) is 23.5 Å². The lowest BCUT2D eigenvalue weighted by Crippen LogP contribution is -2.51. The first-order chi connectivity index (χ1) is 14.4. The summed E-state index contributed by atoms with van der Waals surface area (Å²) in [6.07, 6.45) is 8.04. The zero-order valence-corrected chi connectivity index (χ0v) is 17.7. The molecule has 5 atom stereocenters. The van der Waals surface area contributed by atoms with E-state index in [1.807, 2.05) is 18.2 Å². The summed E-state index contributed by atoms with van der Waals surface area (Å²) >= 11 is 0. The van der Waals surface area contributed by atoms with Crippen LogP contribution in [-0.4, -0.2) is 16.5 Å². The van der Waals surface area contributed by atoms with E-state index in [1.54, 1.807) is 0 Å². The Morgan fingerprint density at radius 1 is 1.20 bits per heavy atom. The molecule has 0 radical (unpaired) electrons. The van der Waals surface area contributed by atoms with Gasteiger partial charge in [-0.1, -0.05) is 24.6 Å². The second-order valence-electron chi connectivity index (χ2n) is 10.1. The van der Waals surface area contributed by atoms with Crippen LogP contribution in [0.4, 0.5) is 5.69 Å². The van der Waals surface area contributed by atoms with Crippen molar-refractivity contribution >= 4 is 11.5 Å². The van der Waals surface area contributed by atoms with Gasteiger partial charge in [0.05, 0.1) is 18.1 Å². The molecule has 0 spiro atoms. The second-order valence-corrected chi connectivity index (χ2v) is 10.1. The van der Waals surface area contributed by atoms with Crippen molar-refractivity contribution in [1.82, 2.24) is 0 Å². The molecule has 0 amide bonds. The molecule has 2 fully saturated rings. The molecule has 4 nitrogen and oxygen atoms in total. The van der Waals surface area contributed by atoms with Crippen molar-refractivity contribution in [1.29, 1.82) is 5.26 Å². The monoisotopic (exact) mass is 402 g/mol. The smallest absolute Gasteiger partial charge is 0.156 e. The van der Waals surface area contributed by atoms with Crippen molar-refractivity contribution in [3.63, 3.8) is 0 Å². The summed E-state index contributed by atoms with van der Waals surface area (Å²) in [5.41, 5.74) is 10.9. The molecule has 4 heteroatoms. The zero-order valence-electron chi connectivity index (χ0n) is 17.7. The third kappa shape index (κ3) is 2.72. The van der Waals surface area contributed by atoms with Crippen LogP contribution >= 0.6 is 0 Å². The van der Waals surface area contributed by atoms with Crippen molar-refractivity contribution in [2.75, 3.05) is 5.73 Å². The topological polar surface area (TPSA) is 87.1 Å². The Labute approximate surface area is 178 Å². The number of nitriles is 1. The molecule has 0 bridgehead atoms. The molecule has 0 heterocycles. The van der Waals surface area contributed by atoms with E-state index in [1.165, 1.54) is 22.3 Å². The standard InChI is InChI=1S/C26H30N2O2/c1-25-15-22(16-2-5-18(28)6-3-16)24-20-9-7-19(29)14-17(20)4-8-21(24)23(25)10-11-26(25,30)12-13-27/h2-3,5-6,14,21-23,30H,4,7-12,15,28H2,1H3/t21-,22+,23-,25-,26+/m0/s1. The molecule has 1 aromatic rings. The number of hydrogen-bond donors (Lipinski definition) is 2. The highest BCUT2D eigenvalue weighted by molar-refractivity contribution is 5.93. The summed E-state index contributed by atoms with van der Waals surface area (Å²) in [4.78, 5) is 12.1. The van der Waals surface area contributed by atoms with Gasteiger partial charge in [0.2, 0.25) is 0 Å². The Kier molecular flexibility index (Phi) is 4.45. The Morgan fingerprint density at radius 2 is 1.97 bits per heavy atom. The number of hydrogen-bond acceptors (Lipinski definition) is 4. The highest BCUT2D eigenvalue weighted by atomic mass is 16.3. The fraction of sp³-hybridized carbons (Fsp3) is 0.538. The van der Waals surface area contributed by atoms with E-state index in [2.05, 4.69) is 25.1 Å². The van der Waals surface area contributed by atoms with Crippen LogP contribution in [0.15, 0.2) is 47.1 Å². The molecule has 4 aliphatic rings. The van der Waals surface area contributed by atoms with Crippen molar-refractivity contribution in [3.05, 3.63) is 52.6 Å². The molecular weight excluding hydrogens is 372 g/mol. The van der Waals surface area contributed by atoms with Crippen LogP contribution in [0.3, 0.4) is 0 Å². The van der Waals surface area contributed by atoms with Gasteiger partial charge in [-0.05, 0) is 85.3 Å². The number of ketones is 1. The number of nitrogens with two attached hydrogens (primary N) is 1. The van der Waals surface area contributed by atoms with Crippen LogP contribution in [-0.2, 0) is 4.79 Å². The number of carbonyl (C=O) groups excluding carboxylic acids is 1. The average Bonchev–Trinajstić information content (AvgIpc) is 2.98. The first-order valence-electron chi connectivity index (χ1n) is 11.3. The highest BCUT2D eigenvalue weighted by Gasteiger charge is 2.62. The molecule has 1 aromatic carbocycles. The predicted octanol–water partition coefficient (Wildman–Crippen LogP) is 4.81. The van der Waals surface area contributed by atoms with Crippen molar-refractivity contribution in [3.8, 4) is 6.07 Å². The molecular formula is C26H30N2O2. The average molecular weight is 403 g/mol. The minimum Gasteiger partial charge on any atom is -0.399 e. The summed E-state index contributed by atoms with van der Waals surface area (Å²) in [7, 11) is 0. The van der Waals surface area contributed by atoms with E-state index in [0.717, 1.165) is 37.8 Å². The van der Waals surface area contributed by atoms with Crippen molar-refractivity contribution < 1.29 is 9.90 Å². The number of nitrogen functional groups attached to an aromatic ring is 1. The minimum atomic E-state index is -0.923. The fourth-order valence-electron chi connectivity index (χ4n) is 7.20. The molecule has 30 heavy (non-hydrogen) atoms. The number of rotatable bonds is 2. The number of benzene rings is 1. The summed E-state index contributed by atoms with van der Waals surface area (Å²) in [6, 6.07) is 10.4. The van der Waals surface area contributed by atoms with Gasteiger partial charge in [-0.15, -0.1) is 0 Å². The van der Waals surface area contributed by atoms with Gasteiger partial charge in [-0.3, -0.25) is 4.79 Å². The van der Waals surface area contributed by atoms with Gasteiger partial charge in [0.15, 0.2) is 5.78 Å². The SMILES string of the molecule is C[C@]12C[C@H](c3ccc(N)cc3)C3=C4CCC(=O)C=C4CC[C@H]3[C@@H]1CC[C@@]2(O)CC#N. The second kappa shape index (κ2) is 6.82. The van der Waals surface area contributed by atoms with Crippen LogP contribution in [0, 0.1) is 28.6 Å². The predicted molar refractivity (Wildman–Crippen MR) is 116 cm³/mol. The van der Waals surface area contributed by atoms with Crippen molar-refractivity contribution in [2.24, 2.45) is 17.3 Å². The number of fused-ring (bicyclic) bond motifs is 4. The van der Waals surface area contributed by atoms with Crippen molar-refractivity contribution in [2.45, 2.75) is 69.8 Å². The van der Waals surface area contributed by atoms with Gasteiger partial charge in [-0.25, -0.2) is 0 Å². The molecule has 0 unspecified atom stereocenters. The first kappa shape index (κ1) is 19.6. The van der Waals surface area contributed by atoms with Gasteiger partial charge in [0.25, 0.3) is 0 Å². The van der Waals surface area contributed by atoms with E-state index in [4.69, 9.17) is 5.73 Å². The Balaban J connectivity index is 1.68. The van der Waals surface area contributed by atoms with Gasteiger partial charge >= 0.3 is 0 Å². The van der Waals surface area contributed by atoms with E-state index >= 15 is 0 Å². The molecule has 3 N–H and O–H groups in total. The summed E-state index contributed by atoms with van der Waals surface area (Å²) in [6.45, 7) is 2.23. The summed E-state index contributed by atoms with van der Waals surface area (Å²) in [5, 5.41) is 21.0. The Hall–Kier alpha value is -2.38. The Bertz CT molecular complexity index is 999. The van der Waals surface area contributed by atoms with Crippen LogP contribution in [0.25, 0.3) is 0 Å². The van der Waals surface area contributed by atoms with Gasteiger partial charge in [0.1, 0.15) is 0 Å². The largest absolute Gasteiger partial charge is 0.399 e. The van der Waals surface area contributed by atoms with E-state index in [9.17, 15) is 15.2 Å². The highest BCUT2D eigenvalue weighted by Crippen LogP contribution is 2.67. The molecule has 0 aliphatic heterocycles. The maximum Gasteiger partial charge on any atom is 0.156 e. The minimum absolute atomic E-state index is 0.201. The van der Waals surface area contributed by atoms with Gasteiger partial charge in [0, 0.05) is 23.4 Å². The van der Waals surface area contributed by atoms with E-state index < -0.39 is 5.60 Å². The van der Waals surface area contributed by atoms with Crippen LogP contribution < -0.4 is 5.73 Å². The number of carbonyl (C=O) groups is 1. The maximum atomic E-state index is 12.1. The summed E-state index contributed by atoms with van der Waals surface area (Å²) in [5.74, 6) is 1.26. The van der Waals surface area contributed by atoms with Gasteiger partial charge < -0.3 is 10.8 Å². The van der Waals surface area contributed by atoms with Gasteiger partial charge in [-0.2, -0.15) is 5.26 Å². The van der Waals surface area contributed by atoms with Crippen LogP contribution in [0.2, 0.25) is 0 Å². The van der Waals surface area contributed by atoms with Crippen LogP contribution in [0.1, 0.15) is 69.8 Å². The fourth-order valence-corrected chi connectivity index (χ4v) is 7.20. The third-order valence-corrected chi connectivity index (χ3v) is 8.77. The molecule has 5 rings (SSSR count). The molecule has 156 valence electrons. The first-order valence-corrected chi connectivity index (χ1v) is 11.3. The third-order valence-electron chi connectivity index (χ3n) is 8.77. The lowest BCUT2D eigenvalue weighted by atomic mass is 9.51. The molecule has 2 saturated carbocycles. The maximum absolute atomic E-state index is 12.1. The Morgan fingerprint density at radius 3 is 2.70 bits per heavy atom. The normalized spacial score (nSPS) is 37.7. The number of allylic oxidation sites excluding steroid dienone is 4. The number of nitrogens with zero attached hydrogens (tertiary/aromatic N) is 1.